The first-order chi connectivity index (χ1) is 15.2. The number of ether oxygens (including phenoxy) is 1. The average molecular weight is 558 g/mol. The maximum Gasteiger partial charge on any atom is 0.222 e. The Morgan fingerprint density at radius 1 is 1.16 bits per heavy atom. The SMILES string of the molecule is CN=C(NCCCC(=O)N1CCc2ccccc2C1)NC1CCN(CCCOC)CC1.I. The van der Waals surface area contributed by atoms with Gasteiger partial charge in [-0.15, -0.1) is 24.0 Å². The van der Waals surface area contributed by atoms with Crippen molar-refractivity contribution in [1.29, 1.82) is 0 Å². The summed E-state index contributed by atoms with van der Waals surface area (Å²) < 4.78 is 5.14. The average Bonchev–Trinajstić information content (AvgIpc) is 2.81. The minimum Gasteiger partial charge on any atom is -0.385 e. The molecule has 1 amide bonds. The van der Waals surface area contributed by atoms with E-state index in [-0.39, 0.29) is 29.9 Å². The van der Waals surface area contributed by atoms with Crippen molar-refractivity contribution in [3.05, 3.63) is 35.4 Å². The number of benzene rings is 1. The molecule has 1 saturated heterocycles. The van der Waals surface area contributed by atoms with Crippen LogP contribution in [-0.2, 0) is 22.5 Å². The van der Waals surface area contributed by atoms with E-state index in [9.17, 15) is 4.79 Å². The number of aliphatic imine (C=N–C) groups is 1. The number of hydrogen-bond donors (Lipinski definition) is 2. The molecule has 2 heterocycles. The lowest BCUT2D eigenvalue weighted by atomic mass is 9.99. The van der Waals surface area contributed by atoms with Crippen molar-refractivity contribution < 1.29 is 9.53 Å². The van der Waals surface area contributed by atoms with Crippen molar-refractivity contribution in [2.24, 2.45) is 4.99 Å². The molecule has 32 heavy (non-hydrogen) atoms. The lowest BCUT2D eigenvalue weighted by Crippen LogP contribution is -2.49. The molecule has 8 heteroatoms. The summed E-state index contributed by atoms with van der Waals surface area (Å²) in [6.45, 7) is 6.52. The monoisotopic (exact) mass is 557 g/mol. The first-order valence-corrected chi connectivity index (χ1v) is 11.7. The van der Waals surface area contributed by atoms with Crippen molar-refractivity contribution in [2.45, 2.75) is 51.1 Å². The summed E-state index contributed by atoms with van der Waals surface area (Å²) in [5.41, 5.74) is 2.67. The van der Waals surface area contributed by atoms with Crippen molar-refractivity contribution in [1.82, 2.24) is 20.4 Å². The second-order valence-electron chi connectivity index (χ2n) is 8.54. The second-order valence-corrected chi connectivity index (χ2v) is 8.54. The molecule has 1 aromatic rings. The zero-order chi connectivity index (χ0) is 21.9. The lowest BCUT2D eigenvalue weighted by molar-refractivity contribution is -0.132. The summed E-state index contributed by atoms with van der Waals surface area (Å²) in [6.07, 6.45) is 5.70. The number of fused-ring (bicyclic) bond motifs is 1. The van der Waals surface area contributed by atoms with Crippen molar-refractivity contribution in [3.63, 3.8) is 0 Å². The van der Waals surface area contributed by atoms with Gasteiger partial charge in [-0.25, -0.2) is 0 Å². The Morgan fingerprint density at radius 2 is 1.91 bits per heavy atom. The third-order valence-electron chi connectivity index (χ3n) is 6.32. The fraction of sp³-hybridized carbons (Fsp3) is 0.667. The summed E-state index contributed by atoms with van der Waals surface area (Å²) in [5, 5.41) is 6.93. The van der Waals surface area contributed by atoms with Gasteiger partial charge < -0.3 is 25.2 Å². The maximum absolute atomic E-state index is 12.6. The first-order valence-electron chi connectivity index (χ1n) is 11.7. The van der Waals surface area contributed by atoms with Crippen LogP contribution in [0.1, 0.15) is 43.2 Å². The molecule has 3 rings (SSSR count). The van der Waals surface area contributed by atoms with Crippen LogP contribution in [-0.4, -0.2) is 81.2 Å². The van der Waals surface area contributed by atoms with E-state index < -0.39 is 0 Å². The lowest BCUT2D eigenvalue weighted by Gasteiger charge is -2.33. The van der Waals surface area contributed by atoms with E-state index >= 15 is 0 Å². The predicted octanol–water partition coefficient (Wildman–Crippen LogP) is 2.64. The summed E-state index contributed by atoms with van der Waals surface area (Å²) in [7, 11) is 3.57. The maximum atomic E-state index is 12.6. The van der Waals surface area contributed by atoms with Gasteiger partial charge in [0.05, 0.1) is 0 Å². The molecule has 180 valence electrons. The van der Waals surface area contributed by atoms with E-state index in [4.69, 9.17) is 4.74 Å². The fourth-order valence-corrected chi connectivity index (χ4v) is 4.43. The Morgan fingerprint density at radius 3 is 2.62 bits per heavy atom. The number of nitrogens with one attached hydrogen (secondary N) is 2. The van der Waals surface area contributed by atoms with Crippen molar-refractivity contribution in [3.8, 4) is 0 Å². The number of hydrogen-bond acceptors (Lipinski definition) is 4. The van der Waals surface area contributed by atoms with Gasteiger partial charge in [0.2, 0.25) is 5.91 Å². The summed E-state index contributed by atoms with van der Waals surface area (Å²) >= 11 is 0. The molecule has 0 aromatic heterocycles. The van der Waals surface area contributed by atoms with E-state index in [0.29, 0.717) is 12.5 Å². The fourth-order valence-electron chi connectivity index (χ4n) is 4.43. The van der Waals surface area contributed by atoms with Crippen LogP contribution in [0.5, 0.6) is 0 Å². The quantitative estimate of drug-likeness (QED) is 0.212. The number of halogens is 1. The number of methoxy groups -OCH3 is 1. The molecule has 0 radical (unpaired) electrons. The Labute approximate surface area is 210 Å². The smallest absolute Gasteiger partial charge is 0.222 e. The van der Waals surface area contributed by atoms with Gasteiger partial charge in [-0.2, -0.15) is 0 Å². The highest BCUT2D eigenvalue weighted by Crippen LogP contribution is 2.19. The molecule has 0 aliphatic carbocycles. The minimum absolute atomic E-state index is 0. The number of carbonyl (C=O) groups is 1. The highest BCUT2D eigenvalue weighted by Gasteiger charge is 2.21. The van der Waals surface area contributed by atoms with Crippen LogP contribution < -0.4 is 10.6 Å². The number of nitrogens with zero attached hydrogens (tertiary/aromatic N) is 3. The Hall–Kier alpha value is -1.39. The number of likely N-dealkylation sites (tertiary alicyclic amines) is 1. The molecule has 1 fully saturated rings. The summed E-state index contributed by atoms with van der Waals surface area (Å²) in [4.78, 5) is 21.5. The number of amides is 1. The van der Waals surface area contributed by atoms with Crippen LogP contribution in [0.2, 0.25) is 0 Å². The topological polar surface area (TPSA) is 69.2 Å². The van der Waals surface area contributed by atoms with Crippen LogP contribution in [0.15, 0.2) is 29.3 Å². The third kappa shape index (κ3) is 8.51. The largest absolute Gasteiger partial charge is 0.385 e. The van der Waals surface area contributed by atoms with Crippen LogP contribution in [0.4, 0.5) is 0 Å². The van der Waals surface area contributed by atoms with Gasteiger partial charge in [-0.1, -0.05) is 24.3 Å². The van der Waals surface area contributed by atoms with E-state index in [1.807, 2.05) is 11.9 Å². The molecule has 1 aromatic carbocycles. The zero-order valence-corrected chi connectivity index (χ0v) is 22.0. The van der Waals surface area contributed by atoms with Crippen LogP contribution in [0, 0.1) is 0 Å². The normalized spacial score (nSPS) is 17.4. The number of piperidine rings is 1. The zero-order valence-electron chi connectivity index (χ0n) is 19.6. The van der Waals surface area contributed by atoms with Gasteiger partial charge in [0.25, 0.3) is 0 Å². The highest BCUT2D eigenvalue weighted by atomic mass is 127. The van der Waals surface area contributed by atoms with Gasteiger partial charge in [-0.05, 0) is 43.2 Å². The van der Waals surface area contributed by atoms with Gasteiger partial charge in [0.1, 0.15) is 0 Å². The Kier molecular flexibility index (Phi) is 12.3. The molecule has 0 bridgehead atoms. The van der Waals surface area contributed by atoms with Gasteiger partial charge in [0.15, 0.2) is 5.96 Å². The van der Waals surface area contributed by atoms with Gasteiger partial charge >= 0.3 is 0 Å². The summed E-state index contributed by atoms with van der Waals surface area (Å²) in [6, 6.07) is 8.90. The van der Waals surface area contributed by atoms with Crippen LogP contribution >= 0.6 is 24.0 Å². The van der Waals surface area contributed by atoms with Crippen molar-refractivity contribution in [2.75, 3.05) is 53.5 Å². The van der Waals surface area contributed by atoms with Crippen LogP contribution in [0.25, 0.3) is 0 Å². The molecule has 0 unspecified atom stereocenters. The molecule has 2 aliphatic heterocycles. The van der Waals surface area contributed by atoms with Crippen molar-refractivity contribution >= 4 is 35.8 Å². The predicted molar refractivity (Wildman–Crippen MR) is 141 cm³/mol. The molecule has 2 aliphatic rings. The second kappa shape index (κ2) is 14.7. The Bertz CT molecular complexity index is 722. The third-order valence-corrected chi connectivity index (χ3v) is 6.32. The van der Waals surface area contributed by atoms with E-state index in [2.05, 4.69) is 44.8 Å². The number of rotatable bonds is 9. The molecule has 0 atom stereocenters. The van der Waals surface area contributed by atoms with Crippen LogP contribution in [0.3, 0.4) is 0 Å². The minimum atomic E-state index is 0. The number of carbonyl (C=O) groups excluding carboxylic acids is 1. The Balaban J connectivity index is 0.00000363. The molecular formula is C24H40IN5O2. The first kappa shape index (κ1) is 26.9. The standard InChI is InChI=1S/C24H39N5O2.HI/c1-25-24(27-22-11-15-28(16-12-22)14-6-18-31-2)26-13-5-9-23(30)29-17-10-20-7-3-4-8-21(20)19-29;/h3-4,7-8,22H,5-6,9-19H2,1-2H3,(H2,25,26,27);1H. The van der Waals surface area contributed by atoms with E-state index in [1.54, 1.807) is 7.11 Å². The molecule has 0 spiro atoms. The molecule has 7 nitrogen and oxygen atoms in total. The highest BCUT2D eigenvalue weighted by molar-refractivity contribution is 14.0. The van der Waals surface area contributed by atoms with Gasteiger partial charge in [0, 0.05) is 72.5 Å². The van der Waals surface area contributed by atoms with E-state index in [1.165, 1.54) is 11.1 Å². The van der Waals surface area contributed by atoms with E-state index in [0.717, 1.165) is 83.9 Å². The summed E-state index contributed by atoms with van der Waals surface area (Å²) in [5.74, 6) is 1.09. The number of guanidine groups is 1. The molecule has 2 N–H and O–H groups in total. The molecular weight excluding hydrogens is 517 g/mol. The van der Waals surface area contributed by atoms with Gasteiger partial charge in [-0.3, -0.25) is 9.79 Å². The molecule has 0 saturated carbocycles.